The van der Waals surface area contributed by atoms with Gasteiger partial charge in [0.2, 0.25) is 0 Å². The summed E-state index contributed by atoms with van der Waals surface area (Å²) in [6, 6.07) is 8.72. The first-order valence-electron chi connectivity index (χ1n) is 4.27. The van der Waals surface area contributed by atoms with E-state index in [9.17, 15) is 0 Å². The van der Waals surface area contributed by atoms with Crippen molar-refractivity contribution in [3.63, 3.8) is 0 Å². The molecule has 2 bridgehead atoms. The van der Waals surface area contributed by atoms with E-state index in [1.165, 1.54) is 17.5 Å². The molecule has 0 spiro atoms. The molecule has 0 amide bonds. The number of hydrogen-bond acceptors (Lipinski definition) is 0. The molecule has 0 N–H and O–H groups in total. The first-order valence-corrected chi connectivity index (χ1v) is 5.07. The summed E-state index contributed by atoms with van der Waals surface area (Å²) >= 11 is 3.80. The number of alkyl halides is 1. The second-order valence-electron chi connectivity index (χ2n) is 3.62. The number of halogens is 1. The Balaban J connectivity index is 2.31. The zero-order valence-electron chi connectivity index (χ0n) is 6.63. The van der Waals surface area contributed by atoms with E-state index in [0.717, 1.165) is 0 Å². The van der Waals surface area contributed by atoms with Crippen molar-refractivity contribution < 1.29 is 0 Å². The molecule has 0 radical (unpaired) electrons. The molecule has 0 nitrogen and oxygen atoms in total. The third-order valence-electron chi connectivity index (χ3n) is 2.92. The van der Waals surface area contributed by atoms with E-state index in [4.69, 9.17) is 0 Å². The first kappa shape index (κ1) is 6.90. The molecule has 2 aliphatic rings. The monoisotopic (exact) mass is 220 g/mol. The van der Waals surface area contributed by atoms with Crippen LogP contribution in [-0.2, 0) is 4.32 Å². The second kappa shape index (κ2) is 2.02. The smallest absolute Gasteiger partial charge is 0.0697 e. The van der Waals surface area contributed by atoms with Crippen LogP contribution < -0.4 is 0 Å². The van der Waals surface area contributed by atoms with Crippen molar-refractivity contribution in [1.29, 1.82) is 0 Å². The van der Waals surface area contributed by atoms with Gasteiger partial charge >= 0.3 is 0 Å². The molecule has 3 rings (SSSR count). The van der Waals surface area contributed by atoms with Gasteiger partial charge in [0.05, 0.1) is 4.32 Å². The molecule has 0 aliphatic heterocycles. The highest BCUT2D eigenvalue weighted by Gasteiger charge is 2.42. The Bertz CT molecular complexity index is 367. The van der Waals surface area contributed by atoms with Crippen molar-refractivity contribution >= 4 is 15.9 Å². The van der Waals surface area contributed by atoms with Crippen molar-refractivity contribution in [3.8, 4) is 0 Å². The van der Waals surface area contributed by atoms with Gasteiger partial charge < -0.3 is 0 Å². The third kappa shape index (κ3) is 0.680. The van der Waals surface area contributed by atoms with Crippen LogP contribution in [0.3, 0.4) is 0 Å². The van der Waals surface area contributed by atoms with Crippen LogP contribution in [-0.4, -0.2) is 0 Å². The van der Waals surface area contributed by atoms with E-state index in [0.29, 0.717) is 5.92 Å². The SMILES string of the molecule is Br[C@@]12C=C[C@@H](C1)c1ccccc12. The molecule has 0 saturated carbocycles. The number of fused-ring (bicyclic) bond motifs is 5. The minimum Gasteiger partial charge on any atom is -0.0792 e. The normalized spacial score (nSPS) is 35.6. The van der Waals surface area contributed by atoms with Gasteiger partial charge in [0.25, 0.3) is 0 Å². The zero-order chi connectivity index (χ0) is 8.18. The second-order valence-corrected chi connectivity index (χ2v) is 5.03. The van der Waals surface area contributed by atoms with Crippen molar-refractivity contribution in [3.05, 3.63) is 47.5 Å². The lowest BCUT2D eigenvalue weighted by molar-refractivity contribution is 0.767. The maximum absolute atomic E-state index is 3.80. The van der Waals surface area contributed by atoms with Crippen LogP contribution >= 0.6 is 15.9 Å². The molecule has 0 unspecified atom stereocenters. The molecule has 0 saturated heterocycles. The predicted molar refractivity (Wildman–Crippen MR) is 53.5 cm³/mol. The number of allylic oxidation sites excluding steroid dienone is 2. The lowest BCUT2D eigenvalue weighted by atomic mass is 9.97. The standard InChI is InChI=1S/C11H9Br/c12-11-6-5-8(7-11)9-3-1-2-4-10(9)11/h1-6,8H,7H2/t8-,11-/m0/s1. The molecule has 12 heavy (non-hydrogen) atoms. The van der Waals surface area contributed by atoms with Gasteiger partial charge in [-0.3, -0.25) is 0 Å². The molecule has 2 aliphatic carbocycles. The average molecular weight is 221 g/mol. The van der Waals surface area contributed by atoms with Crippen LogP contribution in [0.4, 0.5) is 0 Å². The lowest BCUT2D eigenvalue weighted by Gasteiger charge is -2.17. The van der Waals surface area contributed by atoms with Gasteiger partial charge in [-0.05, 0) is 17.5 Å². The van der Waals surface area contributed by atoms with Crippen LogP contribution in [0.5, 0.6) is 0 Å². The molecular formula is C11H9Br. The van der Waals surface area contributed by atoms with Gasteiger partial charge in [-0.15, -0.1) is 0 Å². The maximum atomic E-state index is 3.80. The zero-order valence-corrected chi connectivity index (χ0v) is 8.21. The highest BCUT2D eigenvalue weighted by molar-refractivity contribution is 9.09. The van der Waals surface area contributed by atoms with Crippen molar-refractivity contribution in [2.45, 2.75) is 16.7 Å². The Kier molecular flexibility index (Phi) is 1.16. The van der Waals surface area contributed by atoms with Gasteiger partial charge in [0.15, 0.2) is 0 Å². The Labute approximate surface area is 80.4 Å². The van der Waals surface area contributed by atoms with E-state index in [1.54, 1.807) is 0 Å². The molecule has 60 valence electrons. The summed E-state index contributed by atoms with van der Waals surface area (Å²) in [5, 5.41) is 0. The highest BCUT2D eigenvalue weighted by atomic mass is 79.9. The van der Waals surface area contributed by atoms with Crippen LogP contribution in [0.25, 0.3) is 0 Å². The fourth-order valence-corrected chi connectivity index (χ4v) is 3.20. The molecular weight excluding hydrogens is 212 g/mol. The third-order valence-corrected chi connectivity index (χ3v) is 3.93. The van der Waals surface area contributed by atoms with Crippen LogP contribution in [0, 0.1) is 0 Å². The van der Waals surface area contributed by atoms with Crippen LogP contribution in [0.1, 0.15) is 23.5 Å². The Morgan fingerprint density at radius 2 is 2.17 bits per heavy atom. The number of rotatable bonds is 0. The number of hydrogen-bond donors (Lipinski definition) is 0. The van der Waals surface area contributed by atoms with Crippen molar-refractivity contribution in [1.82, 2.24) is 0 Å². The van der Waals surface area contributed by atoms with E-state index in [-0.39, 0.29) is 4.32 Å². The summed E-state index contributed by atoms with van der Waals surface area (Å²) in [5.41, 5.74) is 2.98. The largest absolute Gasteiger partial charge is 0.0792 e. The van der Waals surface area contributed by atoms with Crippen LogP contribution in [0.15, 0.2) is 36.4 Å². The van der Waals surface area contributed by atoms with Gasteiger partial charge in [-0.1, -0.05) is 52.3 Å². The minimum absolute atomic E-state index is 0.175. The molecule has 0 fully saturated rings. The minimum atomic E-state index is 0.175. The van der Waals surface area contributed by atoms with Crippen LogP contribution in [0.2, 0.25) is 0 Å². The van der Waals surface area contributed by atoms with E-state index >= 15 is 0 Å². The van der Waals surface area contributed by atoms with E-state index < -0.39 is 0 Å². The maximum Gasteiger partial charge on any atom is 0.0697 e. The van der Waals surface area contributed by atoms with Gasteiger partial charge in [-0.25, -0.2) is 0 Å². The van der Waals surface area contributed by atoms with E-state index in [1.807, 2.05) is 0 Å². The summed E-state index contributed by atoms with van der Waals surface area (Å²) in [7, 11) is 0. The predicted octanol–water partition coefficient (Wildman–Crippen LogP) is 3.33. The fourth-order valence-electron chi connectivity index (χ4n) is 2.34. The molecule has 1 aromatic carbocycles. The van der Waals surface area contributed by atoms with E-state index in [2.05, 4.69) is 52.3 Å². The van der Waals surface area contributed by atoms with Gasteiger partial charge in [0, 0.05) is 5.92 Å². The molecule has 0 aromatic heterocycles. The summed E-state index contributed by atoms with van der Waals surface area (Å²) in [6.07, 6.45) is 5.82. The topological polar surface area (TPSA) is 0 Å². The lowest BCUT2D eigenvalue weighted by Crippen LogP contribution is -2.07. The molecule has 2 atom stereocenters. The Hall–Kier alpha value is -0.560. The summed E-state index contributed by atoms with van der Waals surface area (Å²) in [5.74, 6) is 0.667. The summed E-state index contributed by atoms with van der Waals surface area (Å²) in [4.78, 5) is 0. The molecule has 1 heteroatoms. The summed E-state index contributed by atoms with van der Waals surface area (Å²) in [6.45, 7) is 0. The average Bonchev–Trinajstić information content (AvgIpc) is 2.60. The quantitative estimate of drug-likeness (QED) is 0.465. The first-order chi connectivity index (χ1) is 5.80. The summed E-state index contributed by atoms with van der Waals surface area (Å²) < 4.78 is 0.175. The van der Waals surface area contributed by atoms with Crippen molar-refractivity contribution in [2.75, 3.05) is 0 Å². The van der Waals surface area contributed by atoms with Gasteiger partial charge in [0.1, 0.15) is 0 Å². The van der Waals surface area contributed by atoms with Gasteiger partial charge in [-0.2, -0.15) is 0 Å². The Morgan fingerprint density at radius 1 is 1.33 bits per heavy atom. The number of benzene rings is 1. The highest BCUT2D eigenvalue weighted by Crippen LogP contribution is 2.55. The molecule has 1 aromatic rings. The Morgan fingerprint density at radius 3 is 3.00 bits per heavy atom. The van der Waals surface area contributed by atoms with Crippen molar-refractivity contribution in [2.24, 2.45) is 0 Å². The fraction of sp³-hybridized carbons (Fsp3) is 0.273. The molecule has 0 heterocycles.